The van der Waals surface area contributed by atoms with E-state index in [2.05, 4.69) is 36.1 Å². The minimum absolute atomic E-state index is 0.0704. The van der Waals surface area contributed by atoms with E-state index >= 15 is 0 Å². The van der Waals surface area contributed by atoms with Crippen LogP contribution >= 0.6 is 11.3 Å². The highest BCUT2D eigenvalue weighted by Crippen LogP contribution is 2.29. The summed E-state index contributed by atoms with van der Waals surface area (Å²) >= 11 is 1.56. The molecule has 0 atom stereocenters. The normalized spacial score (nSPS) is 11.5. The molecule has 4 nitrogen and oxygen atoms in total. The van der Waals surface area contributed by atoms with Crippen LogP contribution in [0.25, 0.3) is 20.9 Å². The molecule has 0 spiro atoms. The van der Waals surface area contributed by atoms with Gasteiger partial charge in [0.2, 0.25) is 0 Å². The number of rotatable bonds is 3. The highest BCUT2D eigenvalue weighted by molar-refractivity contribution is 7.21. The molecule has 2 aromatic carbocycles. The first-order valence-corrected chi connectivity index (χ1v) is 9.96. The number of carbonyl (C=O) groups excluding carboxylic acids is 1. The number of anilines is 1. The van der Waals surface area contributed by atoms with E-state index in [0.717, 1.165) is 26.6 Å². The number of thiazole rings is 1. The van der Waals surface area contributed by atoms with Crippen molar-refractivity contribution < 1.29 is 4.79 Å². The van der Waals surface area contributed by atoms with Crippen molar-refractivity contribution in [3.63, 3.8) is 0 Å². The second-order valence-corrected chi connectivity index (χ2v) is 8.68. The molecule has 4 rings (SSSR count). The third kappa shape index (κ3) is 3.80. The third-order valence-electron chi connectivity index (χ3n) is 4.57. The number of hydrogen-bond donors (Lipinski definition) is 1. The average Bonchev–Trinajstić information content (AvgIpc) is 3.12. The largest absolute Gasteiger partial charge is 0.322 e. The van der Waals surface area contributed by atoms with Gasteiger partial charge in [0, 0.05) is 23.0 Å². The van der Waals surface area contributed by atoms with Crippen LogP contribution in [0.1, 0.15) is 36.7 Å². The van der Waals surface area contributed by atoms with E-state index in [0.29, 0.717) is 5.56 Å². The second-order valence-electron chi connectivity index (χ2n) is 7.71. The van der Waals surface area contributed by atoms with Gasteiger partial charge in [0.05, 0.1) is 0 Å². The highest BCUT2D eigenvalue weighted by atomic mass is 32.1. The number of aromatic nitrogens is 2. The molecular weight excluding hydrogens is 366 g/mol. The van der Waals surface area contributed by atoms with E-state index in [1.165, 1.54) is 5.56 Å². The number of pyridine rings is 1. The topological polar surface area (TPSA) is 54.9 Å². The minimum Gasteiger partial charge on any atom is -0.322 e. The standard InChI is InChI=1S/C23H21N3OS/c1-23(2,3)17-10-6-15(7-11-17)20(27)25-18-12-8-16(9-13-18)21-26-19-5-4-14-24-22(19)28-21/h4-14H,1-3H3,(H,25,27). The van der Waals surface area contributed by atoms with Gasteiger partial charge in [-0.15, -0.1) is 0 Å². The molecular formula is C23H21N3OS. The lowest BCUT2D eigenvalue weighted by molar-refractivity contribution is 0.102. The summed E-state index contributed by atoms with van der Waals surface area (Å²) in [5.74, 6) is -0.114. The van der Waals surface area contributed by atoms with Crippen LogP contribution in [0, 0.1) is 0 Å². The Kier molecular flexibility index (Phi) is 4.69. The highest BCUT2D eigenvalue weighted by Gasteiger charge is 2.14. The number of nitrogens with one attached hydrogen (secondary N) is 1. The van der Waals surface area contributed by atoms with Crippen LogP contribution in [-0.2, 0) is 5.41 Å². The predicted octanol–water partition coefficient (Wildman–Crippen LogP) is 5.91. The summed E-state index contributed by atoms with van der Waals surface area (Å²) in [6, 6.07) is 19.4. The molecule has 1 N–H and O–H groups in total. The van der Waals surface area contributed by atoms with Crippen LogP contribution in [-0.4, -0.2) is 15.9 Å². The maximum absolute atomic E-state index is 12.5. The molecule has 0 fully saturated rings. The van der Waals surface area contributed by atoms with Gasteiger partial charge in [0.15, 0.2) is 0 Å². The van der Waals surface area contributed by atoms with Crippen LogP contribution in [0.15, 0.2) is 66.9 Å². The fraction of sp³-hybridized carbons (Fsp3) is 0.174. The van der Waals surface area contributed by atoms with Gasteiger partial charge >= 0.3 is 0 Å². The van der Waals surface area contributed by atoms with E-state index < -0.39 is 0 Å². The molecule has 1 amide bonds. The molecule has 28 heavy (non-hydrogen) atoms. The molecule has 2 heterocycles. The Bertz CT molecular complexity index is 1090. The zero-order valence-corrected chi connectivity index (χ0v) is 16.9. The summed E-state index contributed by atoms with van der Waals surface area (Å²) in [7, 11) is 0. The fourth-order valence-electron chi connectivity index (χ4n) is 2.91. The van der Waals surface area contributed by atoms with Crippen LogP contribution in [0.5, 0.6) is 0 Å². The number of amides is 1. The lowest BCUT2D eigenvalue weighted by Crippen LogP contribution is -2.14. The number of fused-ring (bicyclic) bond motifs is 1. The van der Waals surface area contributed by atoms with E-state index in [9.17, 15) is 4.79 Å². The van der Waals surface area contributed by atoms with E-state index in [1.807, 2.05) is 60.7 Å². The second kappa shape index (κ2) is 7.17. The van der Waals surface area contributed by atoms with Crippen molar-refractivity contribution in [3.05, 3.63) is 78.0 Å². The lowest BCUT2D eigenvalue weighted by Gasteiger charge is -2.19. The zero-order chi connectivity index (χ0) is 19.7. The Morgan fingerprint density at radius 3 is 2.32 bits per heavy atom. The molecule has 0 aliphatic heterocycles. The molecule has 140 valence electrons. The first kappa shape index (κ1) is 18.3. The summed E-state index contributed by atoms with van der Waals surface area (Å²) in [4.78, 5) is 22.4. The Morgan fingerprint density at radius 1 is 0.964 bits per heavy atom. The summed E-state index contributed by atoms with van der Waals surface area (Å²) in [6.45, 7) is 6.47. The Balaban J connectivity index is 1.49. The van der Waals surface area contributed by atoms with E-state index in [1.54, 1.807) is 17.5 Å². The van der Waals surface area contributed by atoms with Crippen LogP contribution < -0.4 is 5.32 Å². The van der Waals surface area contributed by atoms with Gasteiger partial charge in [-0.3, -0.25) is 4.79 Å². The van der Waals surface area contributed by atoms with Crippen LogP contribution in [0.3, 0.4) is 0 Å². The number of nitrogens with zero attached hydrogens (tertiary/aromatic N) is 2. The Morgan fingerprint density at radius 2 is 1.68 bits per heavy atom. The Hall–Kier alpha value is -3.05. The van der Waals surface area contributed by atoms with Gasteiger partial charge < -0.3 is 5.32 Å². The lowest BCUT2D eigenvalue weighted by atomic mass is 9.87. The smallest absolute Gasteiger partial charge is 0.255 e. The molecule has 0 bridgehead atoms. The van der Waals surface area contributed by atoms with Crippen LogP contribution in [0.2, 0.25) is 0 Å². The van der Waals surface area contributed by atoms with E-state index in [-0.39, 0.29) is 11.3 Å². The predicted molar refractivity (Wildman–Crippen MR) is 116 cm³/mol. The maximum atomic E-state index is 12.5. The molecule has 4 aromatic rings. The van der Waals surface area contributed by atoms with Gasteiger partial charge in [0.25, 0.3) is 5.91 Å². The molecule has 2 aromatic heterocycles. The fourth-order valence-corrected chi connectivity index (χ4v) is 3.83. The van der Waals surface area contributed by atoms with Gasteiger partial charge in [0.1, 0.15) is 15.4 Å². The van der Waals surface area contributed by atoms with Crippen molar-refractivity contribution in [2.24, 2.45) is 0 Å². The van der Waals surface area contributed by atoms with Crippen molar-refractivity contribution in [3.8, 4) is 10.6 Å². The SMILES string of the molecule is CC(C)(C)c1ccc(C(=O)Nc2ccc(-c3nc4cccnc4s3)cc2)cc1. The summed E-state index contributed by atoms with van der Waals surface area (Å²) in [6.07, 6.45) is 1.77. The van der Waals surface area contributed by atoms with Crippen molar-refractivity contribution in [1.29, 1.82) is 0 Å². The van der Waals surface area contributed by atoms with Crippen molar-refractivity contribution in [2.45, 2.75) is 26.2 Å². The van der Waals surface area contributed by atoms with Gasteiger partial charge in [-0.1, -0.05) is 44.2 Å². The van der Waals surface area contributed by atoms with Gasteiger partial charge in [-0.2, -0.15) is 0 Å². The number of carbonyl (C=O) groups is 1. The van der Waals surface area contributed by atoms with Crippen molar-refractivity contribution in [1.82, 2.24) is 9.97 Å². The van der Waals surface area contributed by atoms with Crippen molar-refractivity contribution in [2.75, 3.05) is 5.32 Å². The van der Waals surface area contributed by atoms with Crippen LogP contribution in [0.4, 0.5) is 5.69 Å². The third-order valence-corrected chi connectivity index (χ3v) is 5.60. The molecule has 5 heteroatoms. The summed E-state index contributed by atoms with van der Waals surface area (Å²) < 4.78 is 0. The molecule has 0 saturated carbocycles. The van der Waals surface area contributed by atoms with E-state index in [4.69, 9.17) is 0 Å². The van der Waals surface area contributed by atoms with Gasteiger partial charge in [-0.25, -0.2) is 9.97 Å². The van der Waals surface area contributed by atoms with Gasteiger partial charge in [-0.05, 0) is 59.5 Å². The summed E-state index contributed by atoms with van der Waals surface area (Å²) in [5.41, 5.74) is 4.59. The molecule has 0 aliphatic rings. The first-order valence-electron chi connectivity index (χ1n) is 9.14. The minimum atomic E-state index is -0.114. The first-order chi connectivity index (χ1) is 13.4. The number of hydrogen-bond acceptors (Lipinski definition) is 4. The average molecular weight is 388 g/mol. The quantitative estimate of drug-likeness (QED) is 0.475. The molecule has 0 saturated heterocycles. The zero-order valence-electron chi connectivity index (χ0n) is 16.1. The summed E-state index contributed by atoms with van der Waals surface area (Å²) in [5, 5.41) is 3.87. The molecule has 0 radical (unpaired) electrons. The number of benzene rings is 2. The molecule has 0 aliphatic carbocycles. The monoisotopic (exact) mass is 387 g/mol. The van der Waals surface area contributed by atoms with Crippen molar-refractivity contribution >= 4 is 33.3 Å². The Labute approximate surface area is 168 Å². The maximum Gasteiger partial charge on any atom is 0.255 e. The molecule has 0 unspecified atom stereocenters.